The SMILES string of the molecule is CC(O)[C@H]1CC[C@@]2(N)[C@@H]3CCC4CC(O[C@@H]5O[C@@H](C)[C@H](O)[C@@H](O)[C@H]5O)CC[C@]4(C)[C@H]3CC[C@]12C. The molecule has 0 amide bonds. The molecule has 4 saturated carbocycles. The Morgan fingerprint density at radius 1 is 0.912 bits per heavy atom. The van der Waals surface area contributed by atoms with Crippen molar-refractivity contribution in [1.29, 1.82) is 0 Å². The molecule has 1 saturated heterocycles. The third kappa shape index (κ3) is 3.56. The van der Waals surface area contributed by atoms with Gasteiger partial charge in [-0.1, -0.05) is 13.8 Å². The van der Waals surface area contributed by atoms with Gasteiger partial charge in [0.15, 0.2) is 6.29 Å². The third-order valence-corrected chi connectivity index (χ3v) is 11.7. The molecule has 0 aromatic heterocycles. The number of aliphatic hydroxyl groups is 4. The highest BCUT2D eigenvalue weighted by atomic mass is 16.7. The van der Waals surface area contributed by atoms with E-state index in [2.05, 4.69) is 13.8 Å². The molecular formula is C27H47NO6. The minimum Gasteiger partial charge on any atom is -0.393 e. The van der Waals surface area contributed by atoms with E-state index in [1.807, 2.05) is 6.92 Å². The van der Waals surface area contributed by atoms with Crippen molar-refractivity contribution in [1.82, 2.24) is 0 Å². The van der Waals surface area contributed by atoms with Gasteiger partial charge in [-0.05, 0) is 106 Å². The topological polar surface area (TPSA) is 125 Å². The number of aliphatic hydroxyl groups excluding tert-OH is 4. The highest BCUT2D eigenvalue weighted by molar-refractivity contribution is 5.19. The Morgan fingerprint density at radius 3 is 2.35 bits per heavy atom. The molecule has 7 nitrogen and oxygen atoms in total. The lowest BCUT2D eigenvalue weighted by Crippen LogP contribution is -2.67. The minimum atomic E-state index is -1.26. The fraction of sp³-hybridized carbons (Fsp3) is 1.00. The Morgan fingerprint density at radius 2 is 1.65 bits per heavy atom. The van der Waals surface area contributed by atoms with Gasteiger partial charge in [0.2, 0.25) is 0 Å². The molecule has 3 unspecified atom stereocenters. The van der Waals surface area contributed by atoms with Crippen LogP contribution in [0.5, 0.6) is 0 Å². The Balaban J connectivity index is 1.29. The Labute approximate surface area is 204 Å². The maximum absolute atomic E-state index is 10.5. The van der Waals surface area contributed by atoms with Gasteiger partial charge in [0.1, 0.15) is 18.3 Å². The Hall–Kier alpha value is -0.280. The van der Waals surface area contributed by atoms with Crippen molar-refractivity contribution >= 4 is 0 Å². The molecule has 5 fully saturated rings. The number of ether oxygens (including phenoxy) is 2. The summed E-state index contributed by atoms with van der Waals surface area (Å²) in [5.41, 5.74) is 7.40. The van der Waals surface area contributed by atoms with Crippen LogP contribution in [0.15, 0.2) is 0 Å². The van der Waals surface area contributed by atoms with Gasteiger partial charge in [0.25, 0.3) is 0 Å². The fourth-order valence-corrected chi connectivity index (χ4v) is 9.54. The zero-order valence-corrected chi connectivity index (χ0v) is 21.4. The zero-order chi connectivity index (χ0) is 24.6. The van der Waals surface area contributed by atoms with E-state index in [0.29, 0.717) is 23.7 Å². The quantitative estimate of drug-likeness (QED) is 0.392. The number of hydrogen-bond donors (Lipinski definition) is 5. The van der Waals surface area contributed by atoms with Crippen molar-refractivity contribution in [2.24, 2.45) is 40.2 Å². The second kappa shape index (κ2) is 8.64. The normalized spacial score (nSPS) is 58.5. The van der Waals surface area contributed by atoms with E-state index in [1.165, 1.54) is 6.42 Å². The first-order chi connectivity index (χ1) is 15.9. The Kier molecular flexibility index (Phi) is 6.45. The second-order valence-electron chi connectivity index (χ2n) is 13.1. The van der Waals surface area contributed by atoms with Crippen LogP contribution in [0.1, 0.15) is 85.5 Å². The first kappa shape index (κ1) is 25.4. The molecule has 0 aromatic carbocycles. The van der Waals surface area contributed by atoms with E-state index in [1.54, 1.807) is 6.92 Å². The summed E-state index contributed by atoms with van der Waals surface area (Å²) in [7, 11) is 0. The third-order valence-electron chi connectivity index (χ3n) is 11.7. The van der Waals surface area contributed by atoms with Crippen LogP contribution in [-0.4, -0.2) is 68.9 Å². The van der Waals surface area contributed by atoms with Crippen molar-refractivity contribution in [3.8, 4) is 0 Å². The lowest BCUT2D eigenvalue weighted by atomic mass is 9.42. The second-order valence-corrected chi connectivity index (χ2v) is 13.1. The van der Waals surface area contributed by atoms with Gasteiger partial charge in [0, 0.05) is 5.54 Å². The average molecular weight is 482 g/mol. The van der Waals surface area contributed by atoms with Gasteiger partial charge in [0.05, 0.1) is 18.3 Å². The van der Waals surface area contributed by atoms with Crippen LogP contribution in [0.2, 0.25) is 0 Å². The van der Waals surface area contributed by atoms with Crippen LogP contribution in [0, 0.1) is 34.5 Å². The van der Waals surface area contributed by atoms with E-state index in [9.17, 15) is 20.4 Å². The van der Waals surface area contributed by atoms with Crippen molar-refractivity contribution in [3.05, 3.63) is 0 Å². The highest BCUT2D eigenvalue weighted by Gasteiger charge is 2.66. The molecule has 6 N–H and O–H groups in total. The smallest absolute Gasteiger partial charge is 0.186 e. The summed E-state index contributed by atoms with van der Waals surface area (Å²) in [6.45, 7) is 8.47. The average Bonchev–Trinajstić information content (AvgIpc) is 3.07. The predicted molar refractivity (Wildman–Crippen MR) is 128 cm³/mol. The Bertz CT molecular complexity index is 765. The molecular weight excluding hydrogens is 434 g/mol. The summed E-state index contributed by atoms with van der Waals surface area (Å²) in [5, 5.41) is 41.0. The van der Waals surface area contributed by atoms with Crippen LogP contribution in [0.4, 0.5) is 0 Å². The lowest BCUT2D eigenvalue weighted by molar-refractivity contribution is -0.309. The van der Waals surface area contributed by atoms with Crippen molar-refractivity contribution in [3.63, 3.8) is 0 Å². The standard InChI is InChI=1S/C27H47NO6/c1-14(29)18-9-12-27(28)20-6-5-16-13-17(34-24-23(32)22(31)21(30)15(2)33-24)7-10-25(16,3)19(20)8-11-26(18,27)4/h14-24,29-32H,5-13,28H2,1-4H3/t14?,15-,16?,17?,18+,19-,20+,21-,22+,23+,24-,25-,26+,27+/m0/s1. The van der Waals surface area contributed by atoms with Crippen LogP contribution in [-0.2, 0) is 9.47 Å². The van der Waals surface area contributed by atoms with Crippen molar-refractivity contribution < 1.29 is 29.9 Å². The molecule has 0 aromatic rings. The highest BCUT2D eigenvalue weighted by Crippen LogP contribution is 2.68. The van der Waals surface area contributed by atoms with Gasteiger partial charge in [-0.25, -0.2) is 0 Å². The molecule has 196 valence electrons. The van der Waals surface area contributed by atoms with Crippen LogP contribution in [0.25, 0.3) is 0 Å². The number of rotatable bonds is 3. The van der Waals surface area contributed by atoms with E-state index < -0.39 is 30.7 Å². The molecule has 0 bridgehead atoms. The first-order valence-electron chi connectivity index (χ1n) is 13.7. The lowest BCUT2D eigenvalue weighted by Gasteiger charge is -2.64. The largest absolute Gasteiger partial charge is 0.393 e. The molecule has 1 aliphatic heterocycles. The number of nitrogens with two attached hydrogens (primary N) is 1. The van der Waals surface area contributed by atoms with Gasteiger partial charge in [-0.15, -0.1) is 0 Å². The summed E-state index contributed by atoms with van der Waals surface area (Å²) in [5.74, 6) is 1.95. The number of fused-ring (bicyclic) bond motifs is 5. The summed E-state index contributed by atoms with van der Waals surface area (Å²) >= 11 is 0. The summed E-state index contributed by atoms with van der Waals surface area (Å²) in [6, 6.07) is 0. The number of hydrogen-bond acceptors (Lipinski definition) is 7. The first-order valence-corrected chi connectivity index (χ1v) is 13.7. The van der Waals surface area contributed by atoms with Gasteiger partial charge >= 0.3 is 0 Å². The van der Waals surface area contributed by atoms with E-state index in [4.69, 9.17) is 15.2 Å². The van der Waals surface area contributed by atoms with Crippen molar-refractivity contribution in [2.75, 3.05) is 0 Å². The van der Waals surface area contributed by atoms with E-state index in [0.717, 1.165) is 51.4 Å². The van der Waals surface area contributed by atoms with Gasteiger partial charge in [-0.3, -0.25) is 0 Å². The molecule has 0 radical (unpaired) electrons. The maximum Gasteiger partial charge on any atom is 0.186 e. The summed E-state index contributed by atoms with van der Waals surface area (Å²) in [6.07, 6.45) is 4.12. The van der Waals surface area contributed by atoms with Crippen LogP contribution < -0.4 is 5.73 Å². The van der Waals surface area contributed by atoms with Crippen LogP contribution in [0.3, 0.4) is 0 Å². The molecule has 5 rings (SSSR count). The molecule has 0 spiro atoms. The maximum atomic E-state index is 10.5. The summed E-state index contributed by atoms with van der Waals surface area (Å²) < 4.78 is 11.9. The monoisotopic (exact) mass is 481 g/mol. The predicted octanol–water partition coefficient (Wildman–Crippen LogP) is 2.32. The van der Waals surface area contributed by atoms with Gasteiger partial charge < -0.3 is 35.6 Å². The summed E-state index contributed by atoms with van der Waals surface area (Å²) in [4.78, 5) is 0. The molecule has 5 aliphatic rings. The molecule has 1 heterocycles. The van der Waals surface area contributed by atoms with Gasteiger partial charge in [-0.2, -0.15) is 0 Å². The molecule has 7 heteroatoms. The van der Waals surface area contributed by atoms with Crippen molar-refractivity contribution in [2.45, 2.75) is 134 Å². The fourth-order valence-electron chi connectivity index (χ4n) is 9.54. The molecule has 34 heavy (non-hydrogen) atoms. The van der Waals surface area contributed by atoms with E-state index >= 15 is 0 Å². The zero-order valence-electron chi connectivity index (χ0n) is 21.4. The molecule has 4 aliphatic carbocycles. The van der Waals surface area contributed by atoms with Crippen LogP contribution >= 0.6 is 0 Å². The van der Waals surface area contributed by atoms with E-state index in [-0.39, 0.29) is 28.6 Å². The minimum absolute atomic E-state index is 0.0163. The molecule has 14 atom stereocenters.